The van der Waals surface area contributed by atoms with Gasteiger partial charge in [-0.1, -0.05) is 0 Å². The lowest BCUT2D eigenvalue weighted by Gasteiger charge is -2.32. The number of ether oxygens (including phenoxy) is 2. The van der Waals surface area contributed by atoms with Crippen molar-refractivity contribution >= 4 is 28.9 Å². The molecule has 1 aliphatic heterocycles. The standard InChI is InChI=1S/C19H23N7O4/c1-21-16-8-15(24-18-11(17(20)27)9-22-26(16)18)23-12-4-3-6-25(19(12)28)13-5-7-30-10-14(13)29-2/h3-4,6,8-9,13-14,21H,5,7,10H2,1-2H3,(H2,20,27)(H,23,24)/t13-,14+/m0/s1. The van der Waals surface area contributed by atoms with E-state index in [-0.39, 0.29) is 28.9 Å². The molecule has 0 spiro atoms. The zero-order valence-electron chi connectivity index (χ0n) is 16.7. The number of aromatic nitrogens is 4. The summed E-state index contributed by atoms with van der Waals surface area (Å²) < 4.78 is 14.1. The molecule has 4 heterocycles. The average Bonchev–Trinajstić information content (AvgIpc) is 3.19. The first-order chi connectivity index (χ1) is 14.5. The summed E-state index contributed by atoms with van der Waals surface area (Å²) in [4.78, 5) is 29.3. The Morgan fingerprint density at radius 3 is 3.00 bits per heavy atom. The van der Waals surface area contributed by atoms with Gasteiger partial charge in [-0.25, -0.2) is 4.98 Å². The van der Waals surface area contributed by atoms with E-state index in [0.29, 0.717) is 37.0 Å². The van der Waals surface area contributed by atoms with E-state index in [0.717, 1.165) is 0 Å². The van der Waals surface area contributed by atoms with Crippen LogP contribution in [0.1, 0.15) is 22.8 Å². The molecule has 4 rings (SSSR count). The molecule has 2 atom stereocenters. The van der Waals surface area contributed by atoms with Crippen molar-refractivity contribution in [2.24, 2.45) is 5.73 Å². The normalized spacial score (nSPS) is 19.0. The molecule has 1 saturated heterocycles. The summed E-state index contributed by atoms with van der Waals surface area (Å²) in [7, 11) is 3.33. The number of nitrogens with zero attached hydrogens (tertiary/aromatic N) is 4. The quantitative estimate of drug-likeness (QED) is 0.538. The molecule has 0 aliphatic carbocycles. The highest BCUT2D eigenvalue weighted by atomic mass is 16.5. The minimum atomic E-state index is -0.635. The molecule has 11 heteroatoms. The second-order valence-corrected chi connectivity index (χ2v) is 6.90. The number of anilines is 3. The Hall–Kier alpha value is -3.44. The van der Waals surface area contributed by atoms with E-state index in [9.17, 15) is 9.59 Å². The molecule has 0 radical (unpaired) electrons. The van der Waals surface area contributed by atoms with Crippen LogP contribution in [-0.4, -0.2) is 58.5 Å². The fraction of sp³-hybridized carbons (Fsp3) is 0.368. The smallest absolute Gasteiger partial charge is 0.274 e. The lowest BCUT2D eigenvalue weighted by atomic mass is 10.1. The van der Waals surface area contributed by atoms with Crippen molar-refractivity contribution in [3.05, 3.63) is 46.5 Å². The Balaban J connectivity index is 1.73. The third-order valence-electron chi connectivity index (χ3n) is 5.16. The van der Waals surface area contributed by atoms with Crippen molar-refractivity contribution < 1.29 is 14.3 Å². The summed E-state index contributed by atoms with van der Waals surface area (Å²) in [5.41, 5.74) is 6.04. The molecule has 1 amide bonds. The molecule has 11 nitrogen and oxygen atoms in total. The highest BCUT2D eigenvalue weighted by molar-refractivity contribution is 5.98. The number of carbonyl (C=O) groups excluding carboxylic acids is 1. The Bertz CT molecular complexity index is 1140. The number of carbonyl (C=O) groups is 1. The van der Waals surface area contributed by atoms with Crippen LogP contribution in [0.25, 0.3) is 5.65 Å². The van der Waals surface area contributed by atoms with Gasteiger partial charge in [-0.3, -0.25) is 9.59 Å². The lowest BCUT2D eigenvalue weighted by molar-refractivity contribution is -0.0609. The van der Waals surface area contributed by atoms with Gasteiger partial charge in [-0.05, 0) is 18.6 Å². The summed E-state index contributed by atoms with van der Waals surface area (Å²) in [6, 6.07) is 5.03. The van der Waals surface area contributed by atoms with Gasteiger partial charge >= 0.3 is 0 Å². The summed E-state index contributed by atoms with van der Waals surface area (Å²) in [6.07, 6.45) is 3.57. The number of rotatable bonds is 6. The summed E-state index contributed by atoms with van der Waals surface area (Å²) in [5.74, 6) is 0.319. The Labute approximate surface area is 171 Å². The monoisotopic (exact) mass is 413 g/mol. The maximum absolute atomic E-state index is 13.1. The van der Waals surface area contributed by atoms with Crippen molar-refractivity contribution in [2.75, 3.05) is 38.0 Å². The Kier molecular flexibility index (Phi) is 5.38. The number of pyridine rings is 1. The Morgan fingerprint density at radius 1 is 1.43 bits per heavy atom. The predicted octanol–water partition coefficient (Wildman–Crippen LogP) is 0.752. The fourth-order valence-electron chi connectivity index (χ4n) is 3.63. The van der Waals surface area contributed by atoms with Gasteiger partial charge in [0.1, 0.15) is 29.0 Å². The molecule has 30 heavy (non-hydrogen) atoms. The number of nitrogens with one attached hydrogen (secondary N) is 2. The zero-order chi connectivity index (χ0) is 21.3. The molecule has 0 bridgehead atoms. The van der Waals surface area contributed by atoms with Crippen LogP contribution in [0.2, 0.25) is 0 Å². The van der Waals surface area contributed by atoms with Crippen LogP contribution in [0.15, 0.2) is 35.4 Å². The van der Waals surface area contributed by atoms with Crippen LogP contribution in [-0.2, 0) is 9.47 Å². The maximum Gasteiger partial charge on any atom is 0.274 e. The van der Waals surface area contributed by atoms with Crippen molar-refractivity contribution in [1.82, 2.24) is 19.2 Å². The van der Waals surface area contributed by atoms with E-state index in [2.05, 4.69) is 20.7 Å². The summed E-state index contributed by atoms with van der Waals surface area (Å²) in [5, 5.41) is 10.2. The fourth-order valence-corrected chi connectivity index (χ4v) is 3.63. The molecule has 0 aromatic carbocycles. The van der Waals surface area contributed by atoms with Gasteiger partial charge in [0.25, 0.3) is 11.5 Å². The first kappa shape index (κ1) is 19.9. The first-order valence-electron chi connectivity index (χ1n) is 9.48. The number of methoxy groups -OCH3 is 1. The molecule has 3 aromatic rings. The van der Waals surface area contributed by atoms with Gasteiger partial charge in [-0.15, -0.1) is 0 Å². The highest BCUT2D eigenvalue weighted by Crippen LogP contribution is 2.24. The second kappa shape index (κ2) is 8.13. The van der Waals surface area contributed by atoms with Crippen LogP contribution >= 0.6 is 0 Å². The summed E-state index contributed by atoms with van der Waals surface area (Å²) >= 11 is 0. The van der Waals surface area contributed by atoms with Gasteiger partial charge in [0.15, 0.2) is 5.65 Å². The molecular formula is C19H23N7O4. The first-order valence-corrected chi connectivity index (χ1v) is 9.48. The van der Waals surface area contributed by atoms with Gasteiger partial charge in [0, 0.05) is 33.0 Å². The van der Waals surface area contributed by atoms with Crippen LogP contribution in [0.3, 0.4) is 0 Å². The highest BCUT2D eigenvalue weighted by Gasteiger charge is 2.28. The number of fused-ring (bicyclic) bond motifs is 1. The van der Waals surface area contributed by atoms with Crippen LogP contribution in [0, 0.1) is 0 Å². The molecular weight excluding hydrogens is 390 g/mol. The van der Waals surface area contributed by atoms with Gasteiger partial charge in [-0.2, -0.15) is 9.61 Å². The lowest BCUT2D eigenvalue weighted by Crippen LogP contribution is -2.40. The third kappa shape index (κ3) is 3.48. The van der Waals surface area contributed by atoms with Crippen molar-refractivity contribution in [1.29, 1.82) is 0 Å². The van der Waals surface area contributed by atoms with Gasteiger partial charge < -0.3 is 30.4 Å². The molecule has 158 valence electrons. The van der Waals surface area contributed by atoms with E-state index in [4.69, 9.17) is 15.2 Å². The van der Waals surface area contributed by atoms with Crippen molar-refractivity contribution in [3.8, 4) is 0 Å². The molecule has 0 saturated carbocycles. The SMILES string of the molecule is CNc1cc(Nc2cccn([C@H]3CCOC[C@H]3OC)c2=O)nc2c(C(N)=O)cnn12. The average molecular weight is 413 g/mol. The minimum Gasteiger partial charge on any atom is -0.379 e. The molecule has 3 aromatic heterocycles. The minimum absolute atomic E-state index is 0.127. The van der Waals surface area contributed by atoms with E-state index in [1.807, 2.05) is 0 Å². The van der Waals surface area contributed by atoms with E-state index in [1.165, 1.54) is 10.7 Å². The van der Waals surface area contributed by atoms with Gasteiger partial charge in [0.2, 0.25) is 0 Å². The number of hydrogen-bond acceptors (Lipinski definition) is 8. The summed E-state index contributed by atoms with van der Waals surface area (Å²) in [6.45, 7) is 1.00. The molecule has 1 fully saturated rings. The largest absolute Gasteiger partial charge is 0.379 e. The van der Waals surface area contributed by atoms with Crippen LogP contribution in [0.5, 0.6) is 0 Å². The Morgan fingerprint density at radius 2 is 2.27 bits per heavy atom. The number of nitrogens with two attached hydrogens (primary N) is 1. The molecule has 4 N–H and O–H groups in total. The maximum atomic E-state index is 13.1. The van der Waals surface area contributed by atoms with Crippen molar-refractivity contribution in [3.63, 3.8) is 0 Å². The topological polar surface area (TPSA) is 138 Å². The van der Waals surface area contributed by atoms with Crippen molar-refractivity contribution in [2.45, 2.75) is 18.6 Å². The van der Waals surface area contributed by atoms with Gasteiger partial charge in [0.05, 0.1) is 18.8 Å². The zero-order valence-corrected chi connectivity index (χ0v) is 16.7. The molecule has 0 unspecified atom stereocenters. The van der Waals surface area contributed by atoms with E-state index in [1.54, 1.807) is 43.1 Å². The third-order valence-corrected chi connectivity index (χ3v) is 5.16. The molecule has 1 aliphatic rings. The van der Waals surface area contributed by atoms with Crippen LogP contribution in [0.4, 0.5) is 17.3 Å². The number of primary amides is 1. The predicted molar refractivity (Wildman–Crippen MR) is 110 cm³/mol. The van der Waals surface area contributed by atoms with E-state index >= 15 is 0 Å². The van der Waals surface area contributed by atoms with Crippen LogP contribution < -0.4 is 21.9 Å². The van der Waals surface area contributed by atoms with E-state index < -0.39 is 5.91 Å². The second-order valence-electron chi connectivity index (χ2n) is 6.90. The number of hydrogen-bond donors (Lipinski definition) is 3. The number of amides is 1.